The van der Waals surface area contributed by atoms with Crippen LogP contribution < -0.4 is 10.1 Å². The highest BCUT2D eigenvalue weighted by molar-refractivity contribution is 7.12. The maximum atomic E-state index is 12.3. The van der Waals surface area contributed by atoms with Crippen molar-refractivity contribution in [2.75, 3.05) is 6.61 Å². The lowest BCUT2D eigenvalue weighted by molar-refractivity contribution is 0.0953. The molecule has 2 aromatic carbocycles. The lowest BCUT2D eigenvalue weighted by atomic mass is 10.1. The number of thiophene rings is 1. The zero-order chi connectivity index (χ0) is 20.2. The van der Waals surface area contributed by atoms with Crippen molar-refractivity contribution >= 4 is 28.3 Å². The second-order valence-corrected chi connectivity index (χ2v) is 7.89. The van der Waals surface area contributed by atoms with Crippen LogP contribution in [-0.2, 0) is 13.1 Å². The zero-order valence-corrected chi connectivity index (χ0v) is 17.3. The van der Waals surface area contributed by atoms with E-state index in [1.54, 1.807) is 0 Å². The summed E-state index contributed by atoms with van der Waals surface area (Å²) in [5.74, 6) is 1.65. The number of fused-ring (bicyclic) bond motifs is 1. The van der Waals surface area contributed by atoms with Gasteiger partial charge in [-0.1, -0.05) is 30.3 Å². The van der Waals surface area contributed by atoms with E-state index in [0.717, 1.165) is 28.2 Å². The number of nitrogens with one attached hydrogen (secondary N) is 1. The number of aromatic nitrogens is 2. The van der Waals surface area contributed by atoms with E-state index in [4.69, 9.17) is 9.72 Å². The van der Waals surface area contributed by atoms with Crippen LogP contribution in [-0.4, -0.2) is 22.1 Å². The van der Waals surface area contributed by atoms with Gasteiger partial charge in [0.1, 0.15) is 18.2 Å². The Labute approximate surface area is 174 Å². The zero-order valence-electron chi connectivity index (χ0n) is 16.5. The molecule has 0 aliphatic rings. The molecule has 0 bridgehead atoms. The van der Waals surface area contributed by atoms with Gasteiger partial charge in [0.25, 0.3) is 5.91 Å². The van der Waals surface area contributed by atoms with Crippen LogP contribution in [0.15, 0.2) is 60.0 Å². The highest BCUT2D eigenvalue weighted by Gasteiger charge is 2.13. The fraction of sp³-hybridized carbons (Fsp3) is 0.217. The largest absolute Gasteiger partial charge is 0.491 e. The Morgan fingerprint density at radius 2 is 2.00 bits per heavy atom. The van der Waals surface area contributed by atoms with Crippen molar-refractivity contribution in [3.05, 3.63) is 81.8 Å². The van der Waals surface area contributed by atoms with Crippen molar-refractivity contribution in [2.24, 2.45) is 0 Å². The van der Waals surface area contributed by atoms with E-state index < -0.39 is 0 Å². The number of rotatable bonds is 7. The van der Waals surface area contributed by atoms with Gasteiger partial charge in [0, 0.05) is 0 Å². The van der Waals surface area contributed by atoms with E-state index in [1.807, 2.05) is 48.7 Å². The standard InChI is InChI=1S/C23H23N3O2S/c1-16-9-10-17(2)20(14-16)28-12-11-26-19-7-4-3-6-18(19)25-22(26)15-24-23(27)21-8-5-13-29-21/h3-10,13-14H,11-12,15H2,1-2H3,(H,24,27). The van der Waals surface area contributed by atoms with Gasteiger partial charge in [-0.05, 0) is 54.6 Å². The molecule has 1 amide bonds. The van der Waals surface area contributed by atoms with Crippen molar-refractivity contribution in [3.63, 3.8) is 0 Å². The minimum absolute atomic E-state index is 0.0785. The third kappa shape index (κ3) is 4.32. The van der Waals surface area contributed by atoms with Gasteiger partial charge in [0.2, 0.25) is 0 Å². The van der Waals surface area contributed by atoms with Gasteiger partial charge in [-0.25, -0.2) is 4.98 Å². The van der Waals surface area contributed by atoms with Crippen LogP contribution in [0.25, 0.3) is 11.0 Å². The molecule has 0 fully saturated rings. The van der Waals surface area contributed by atoms with E-state index in [2.05, 4.69) is 35.0 Å². The van der Waals surface area contributed by atoms with Gasteiger partial charge in [-0.2, -0.15) is 0 Å². The van der Waals surface area contributed by atoms with Crippen molar-refractivity contribution in [3.8, 4) is 5.75 Å². The van der Waals surface area contributed by atoms with Crippen LogP contribution in [0.5, 0.6) is 5.75 Å². The average molecular weight is 406 g/mol. The van der Waals surface area contributed by atoms with Crippen LogP contribution in [0.4, 0.5) is 0 Å². The van der Waals surface area contributed by atoms with E-state index in [0.29, 0.717) is 24.6 Å². The first-order chi connectivity index (χ1) is 14.1. The molecule has 0 aliphatic carbocycles. The molecule has 1 N–H and O–H groups in total. The Morgan fingerprint density at radius 3 is 2.83 bits per heavy atom. The Balaban J connectivity index is 1.50. The highest BCUT2D eigenvalue weighted by atomic mass is 32.1. The maximum Gasteiger partial charge on any atom is 0.261 e. The summed E-state index contributed by atoms with van der Waals surface area (Å²) < 4.78 is 8.17. The molecule has 0 unspecified atom stereocenters. The number of hydrogen-bond acceptors (Lipinski definition) is 4. The fourth-order valence-electron chi connectivity index (χ4n) is 3.27. The number of carbonyl (C=O) groups is 1. The minimum atomic E-state index is -0.0785. The molecule has 29 heavy (non-hydrogen) atoms. The third-order valence-electron chi connectivity index (χ3n) is 4.80. The molecule has 0 radical (unpaired) electrons. The lowest BCUT2D eigenvalue weighted by Crippen LogP contribution is -2.24. The van der Waals surface area contributed by atoms with Gasteiger partial charge in [0.15, 0.2) is 0 Å². The molecule has 148 valence electrons. The number of imidazole rings is 1. The molecule has 2 heterocycles. The summed E-state index contributed by atoms with van der Waals surface area (Å²) in [6.45, 7) is 5.65. The smallest absolute Gasteiger partial charge is 0.261 e. The third-order valence-corrected chi connectivity index (χ3v) is 5.67. The summed E-state index contributed by atoms with van der Waals surface area (Å²) in [5, 5.41) is 4.87. The van der Waals surface area contributed by atoms with Crippen molar-refractivity contribution < 1.29 is 9.53 Å². The SMILES string of the molecule is Cc1ccc(C)c(OCCn2c(CNC(=O)c3cccs3)nc3ccccc32)c1. The van der Waals surface area contributed by atoms with Gasteiger partial charge in [0.05, 0.1) is 29.0 Å². The maximum absolute atomic E-state index is 12.3. The van der Waals surface area contributed by atoms with Gasteiger partial charge in [-0.15, -0.1) is 11.3 Å². The molecule has 0 saturated heterocycles. The minimum Gasteiger partial charge on any atom is -0.491 e. The van der Waals surface area contributed by atoms with Gasteiger partial charge < -0.3 is 14.6 Å². The molecule has 0 saturated carbocycles. The summed E-state index contributed by atoms with van der Waals surface area (Å²) in [4.78, 5) is 17.7. The van der Waals surface area contributed by atoms with E-state index >= 15 is 0 Å². The summed E-state index contributed by atoms with van der Waals surface area (Å²) >= 11 is 1.43. The number of nitrogens with zero attached hydrogens (tertiary/aromatic N) is 2. The number of para-hydroxylation sites is 2. The molecule has 0 aliphatic heterocycles. The molecule has 0 spiro atoms. The highest BCUT2D eigenvalue weighted by Crippen LogP contribution is 2.20. The number of carbonyl (C=O) groups excluding carboxylic acids is 1. The first-order valence-corrected chi connectivity index (χ1v) is 10.5. The number of benzene rings is 2. The van der Waals surface area contributed by atoms with Crippen LogP contribution in [0, 0.1) is 13.8 Å². The predicted octanol–water partition coefficient (Wildman–Crippen LogP) is 4.72. The summed E-state index contributed by atoms with van der Waals surface area (Å²) in [6.07, 6.45) is 0. The van der Waals surface area contributed by atoms with Crippen LogP contribution in [0.3, 0.4) is 0 Å². The normalized spacial score (nSPS) is 11.0. The Hall–Kier alpha value is -3.12. The molecule has 4 rings (SSSR count). The van der Waals surface area contributed by atoms with Gasteiger partial charge in [-0.3, -0.25) is 4.79 Å². The molecular weight excluding hydrogens is 382 g/mol. The second-order valence-electron chi connectivity index (χ2n) is 6.95. The quantitative estimate of drug-likeness (QED) is 0.484. The summed E-state index contributed by atoms with van der Waals surface area (Å²) in [5.41, 5.74) is 4.25. The lowest BCUT2D eigenvalue weighted by Gasteiger charge is -2.13. The molecule has 0 atom stereocenters. The summed E-state index contributed by atoms with van der Waals surface area (Å²) in [6, 6.07) is 17.9. The first-order valence-electron chi connectivity index (χ1n) is 9.58. The molecular formula is C23H23N3O2S. The van der Waals surface area contributed by atoms with Crippen molar-refractivity contribution in [2.45, 2.75) is 26.9 Å². The van der Waals surface area contributed by atoms with Crippen LogP contribution in [0.2, 0.25) is 0 Å². The second kappa shape index (κ2) is 8.49. The fourth-order valence-corrected chi connectivity index (χ4v) is 3.91. The van der Waals surface area contributed by atoms with Crippen molar-refractivity contribution in [1.29, 1.82) is 0 Å². The summed E-state index contributed by atoms with van der Waals surface area (Å²) in [7, 11) is 0. The average Bonchev–Trinajstić information content (AvgIpc) is 3.37. The number of amides is 1. The Morgan fingerprint density at radius 1 is 1.14 bits per heavy atom. The Bertz CT molecular complexity index is 1130. The van der Waals surface area contributed by atoms with Crippen molar-refractivity contribution in [1.82, 2.24) is 14.9 Å². The first kappa shape index (κ1) is 19.2. The number of hydrogen-bond donors (Lipinski definition) is 1. The van der Waals surface area contributed by atoms with E-state index in [9.17, 15) is 4.79 Å². The van der Waals surface area contributed by atoms with Crippen LogP contribution >= 0.6 is 11.3 Å². The monoisotopic (exact) mass is 405 g/mol. The number of ether oxygens (including phenoxy) is 1. The van der Waals surface area contributed by atoms with Gasteiger partial charge >= 0.3 is 0 Å². The van der Waals surface area contributed by atoms with E-state index in [-0.39, 0.29) is 5.91 Å². The molecule has 5 nitrogen and oxygen atoms in total. The Kier molecular flexibility index (Phi) is 5.62. The predicted molar refractivity (Wildman–Crippen MR) is 117 cm³/mol. The number of aryl methyl sites for hydroxylation is 2. The van der Waals surface area contributed by atoms with Crippen LogP contribution in [0.1, 0.15) is 26.6 Å². The molecule has 6 heteroatoms. The molecule has 4 aromatic rings. The molecule has 2 aromatic heterocycles. The van der Waals surface area contributed by atoms with E-state index in [1.165, 1.54) is 16.9 Å². The topological polar surface area (TPSA) is 56.1 Å².